The van der Waals surface area contributed by atoms with Crippen molar-refractivity contribution < 1.29 is 9.90 Å². The number of benzene rings is 1. The lowest BCUT2D eigenvalue weighted by molar-refractivity contribution is -0.121. The summed E-state index contributed by atoms with van der Waals surface area (Å²) in [5.41, 5.74) is 2.55. The van der Waals surface area contributed by atoms with Gasteiger partial charge in [0.2, 0.25) is 5.91 Å². The molecule has 1 aliphatic carbocycles. The van der Waals surface area contributed by atoms with E-state index in [2.05, 4.69) is 5.32 Å². The summed E-state index contributed by atoms with van der Waals surface area (Å²) in [6.45, 7) is 0.310. The largest absolute Gasteiger partial charge is 0.387 e. The molecule has 0 unspecified atom stereocenters. The van der Waals surface area contributed by atoms with E-state index >= 15 is 0 Å². The molecule has 1 aromatic carbocycles. The smallest absolute Gasteiger partial charge is 0.224 e. The number of hydrogen-bond donors (Lipinski definition) is 2. The van der Waals surface area contributed by atoms with Crippen molar-refractivity contribution in [1.29, 1.82) is 0 Å². The van der Waals surface area contributed by atoms with Crippen LogP contribution in [0.2, 0.25) is 0 Å². The van der Waals surface area contributed by atoms with Crippen LogP contribution in [-0.2, 0) is 24.1 Å². The van der Waals surface area contributed by atoms with Gasteiger partial charge in [0.25, 0.3) is 0 Å². The van der Waals surface area contributed by atoms with E-state index in [1.807, 2.05) is 41.1 Å². The van der Waals surface area contributed by atoms with Crippen molar-refractivity contribution in [2.24, 2.45) is 0 Å². The van der Waals surface area contributed by atoms with Crippen LogP contribution in [0.4, 0.5) is 0 Å². The van der Waals surface area contributed by atoms with Crippen LogP contribution in [0.5, 0.6) is 0 Å². The first-order valence-electron chi connectivity index (χ1n) is 6.72. The standard InChI is InChI=1S/C16H17NO2S/c18-15(7-12-5-6-20-10-12)17-11-16(19)8-13-3-1-2-4-14(13)9-16/h1-6,10,19H,7-9,11H2,(H,17,18). The van der Waals surface area contributed by atoms with Gasteiger partial charge in [-0.3, -0.25) is 4.79 Å². The average Bonchev–Trinajstić information content (AvgIpc) is 3.03. The summed E-state index contributed by atoms with van der Waals surface area (Å²) in [6, 6.07) is 10.0. The lowest BCUT2D eigenvalue weighted by Gasteiger charge is -2.22. The fourth-order valence-corrected chi connectivity index (χ4v) is 3.37. The van der Waals surface area contributed by atoms with Crippen LogP contribution >= 0.6 is 11.3 Å². The Bertz CT molecular complexity index is 582. The topological polar surface area (TPSA) is 49.3 Å². The van der Waals surface area contributed by atoms with Gasteiger partial charge in [0.15, 0.2) is 0 Å². The van der Waals surface area contributed by atoms with Gasteiger partial charge >= 0.3 is 0 Å². The highest BCUT2D eigenvalue weighted by Crippen LogP contribution is 2.29. The van der Waals surface area contributed by atoms with Crippen LogP contribution in [-0.4, -0.2) is 23.2 Å². The summed E-state index contributed by atoms with van der Waals surface area (Å²) < 4.78 is 0. The van der Waals surface area contributed by atoms with E-state index in [-0.39, 0.29) is 5.91 Å². The number of hydrogen-bond acceptors (Lipinski definition) is 3. The maximum Gasteiger partial charge on any atom is 0.224 e. The number of nitrogens with one attached hydrogen (secondary N) is 1. The van der Waals surface area contributed by atoms with Crippen molar-refractivity contribution in [2.75, 3.05) is 6.54 Å². The zero-order chi connectivity index (χ0) is 14.0. The molecule has 1 amide bonds. The molecule has 0 bridgehead atoms. The summed E-state index contributed by atoms with van der Waals surface area (Å²) in [4.78, 5) is 11.9. The highest BCUT2D eigenvalue weighted by Gasteiger charge is 2.35. The highest BCUT2D eigenvalue weighted by molar-refractivity contribution is 7.07. The molecule has 0 atom stereocenters. The molecular weight excluding hydrogens is 270 g/mol. The predicted molar refractivity (Wildman–Crippen MR) is 79.8 cm³/mol. The number of rotatable bonds is 4. The summed E-state index contributed by atoms with van der Waals surface area (Å²) in [7, 11) is 0. The first kappa shape index (κ1) is 13.3. The second-order valence-electron chi connectivity index (χ2n) is 5.43. The molecule has 1 aliphatic rings. The highest BCUT2D eigenvalue weighted by atomic mass is 32.1. The zero-order valence-electron chi connectivity index (χ0n) is 11.1. The lowest BCUT2D eigenvalue weighted by atomic mass is 10.0. The normalized spacial score (nSPS) is 15.8. The van der Waals surface area contributed by atoms with Gasteiger partial charge in [0, 0.05) is 19.4 Å². The number of fused-ring (bicyclic) bond motifs is 1. The molecule has 0 saturated carbocycles. The Morgan fingerprint density at radius 3 is 2.55 bits per heavy atom. The first-order valence-corrected chi connectivity index (χ1v) is 7.66. The number of aliphatic hydroxyl groups is 1. The van der Waals surface area contributed by atoms with Gasteiger partial charge in [-0.1, -0.05) is 24.3 Å². The van der Waals surface area contributed by atoms with Crippen molar-refractivity contribution in [1.82, 2.24) is 5.32 Å². The predicted octanol–water partition coefficient (Wildman–Crippen LogP) is 1.94. The molecule has 0 saturated heterocycles. The fourth-order valence-electron chi connectivity index (χ4n) is 2.70. The summed E-state index contributed by atoms with van der Waals surface area (Å²) in [5.74, 6) is -0.0345. The molecule has 2 aromatic rings. The van der Waals surface area contributed by atoms with Crippen LogP contribution < -0.4 is 5.32 Å². The van der Waals surface area contributed by atoms with Gasteiger partial charge in [-0.05, 0) is 33.5 Å². The molecule has 1 aromatic heterocycles. The van der Waals surface area contributed by atoms with Crippen molar-refractivity contribution in [2.45, 2.75) is 24.9 Å². The summed E-state index contributed by atoms with van der Waals surface area (Å²) in [5, 5.41) is 17.4. The Morgan fingerprint density at radius 2 is 1.95 bits per heavy atom. The number of amides is 1. The SMILES string of the molecule is O=C(Cc1ccsc1)NCC1(O)Cc2ccccc2C1. The van der Waals surface area contributed by atoms with Gasteiger partial charge in [0.1, 0.15) is 0 Å². The minimum absolute atomic E-state index is 0.0345. The third-order valence-electron chi connectivity index (χ3n) is 3.72. The lowest BCUT2D eigenvalue weighted by Crippen LogP contribution is -2.44. The van der Waals surface area contributed by atoms with Crippen LogP contribution in [0, 0.1) is 0 Å². The molecular formula is C16H17NO2S. The van der Waals surface area contributed by atoms with Crippen LogP contribution in [0.1, 0.15) is 16.7 Å². The van der Waals surface area contributed by atoms with Gasteiger partial charge < -0.3 is 10.4 Å². The minimum Gasteiger partial charge on any atom is -0.387 e. The minimum atomic E-state index is -0.839. The number of thiophene rings is 1. The van der Waals surface area contributed by atoms with Gasteiger partial charge in [0.05, 0.1) is 12.0 Å². The van der Waals surface area contributed by atoms with Crippen molar-refractivity contribution in [3.8, 4) is 0 Å². The van der Waals surface area contributed by atoms with E-state index in [4.69, 9.17) is 0 Å². The Hall–Kier alpha value is -1.65. The number of carbonyl (C=O) groups excluding carboxylic acids is 1. The fraction of sp³-hybridized carbons (Fsp3) is 0.312. The first-order chi connectivity index (χ1) is 9.65. The molecule has 1 heterocycles. The van der Waals surface area contributed by atoms with Crippen LogP contribution in [0.3, 0.4) is 0 Å². The van der Waals surface area contributed by atoms with Crippen LogP contribution in [0.15, 0.2) is 41.1 Å². The maximum absolute atomic E-state index is 11.9. The molecule has 3 nitrogen and oxygen atoms in total. The Kier molecular flexibility index (Phi) is 3.59. The third kappa shape index (κ3) is 2.92. The monoisotopic (exact) mass is 287 g/mol. The van der Waals surface area contributed by atoms with Gasteiger partial charge in [-0.25, -0.2) is 0 Å². The number of carbonyl (C=O) groups is 1. The third-order valence-corrected chi connectivity index (χ3v) is 4.45. The van der Waals surface area contributed by atoms with E-state index in [9.17, 15) is 9.90 Å². The zero-order valence-corrected chi connectivity index (χ0v) is 12.0. The molecule has 0 fully saturated rings. The van der Waals surface area contributed by atoms with Crippen molar-refractivity contribution >= 4 is 17.2 Å². The van der Waals surface area contributed by atoms with Crippen molar-refractivity contribution in [3.63, 3.8) is 0 Å². The van der Waals surface area contributed by atoms with Gasteiger partial charge in [-0.15, -0.1) is 0 Å². The Morgan fingerprint density at radius 1 is 1.25 bits per heavy atom. The Balaban J connectivity index is 1.55. The van der Waals surface area contributed by atoms with E-state index in [1.54, 1.807) is 11.3 Å². The van der Waals surface area contributed by atoms with E-state index in [0.717, 1.165) is 5.56 Å². The van der Waals surface area contributed by atoms with E-state index in [0.29, 0.717) is 25.8 Å². The van der Waals surface area contributed by atoms with Crippen LogP contribution in [0.25, 0.3) is 0 Å². The van der Waals surface area contributed by atoms with E-state index in [1.165, 1.54) is 11.1 Å². The molecule has 0 aliphatic heterocycles. The summed E-state index contributed by atoms with van der Waals surface area (Å²) in [6.07, 6.45) is 1.61. The second kappa shape index (κ2) is 5.38. The molecule has 4 heteroatoms. The molecule has 3 rings (SSSR count). The molecule has 0 spiro atoms. The second-order valence-corrected chi connectivity index (χ2v) is 6.21. The molecule has 2 N–H and O–H groups in total. The van der Waals surface area contributed by atoms with Crippen molar-refractivity contribution in [3.05, 3.63) is 57.8 Å². The average molecular weight is 287 g/mol. The molecule has 0 radical (unpaired) electrons. The maximum atomic E-state index is 11.9. The molecule has 104 valence electrons. The summed E-state index contributed by atoms with van der Waals surface area (Å²) >= 11 is 1.59. The van der Waals surface area contributed by atoms with Gasteiger partial charge in [-0.2, -0.15) is 11.3 Å². The molecule has 20 heavy (non-hydrogen) atoms. The van der Waals surface area contributed by atoms with E-state index < -0.39 is 5.60 Å². The quantitative estimate of drug-likeness (QED) is 0.903. The Labute approximate surface area is 122 Å².